The summed E-state index contributed by atoms with van der Waals surface area (Å²) in [5.41, 5.74) is 22.3. The number of anilines is 3. The predicted octanol–water partition coefficient (Wildman–Crippen LogP) is 19.2. The molecule has 2 aliphatic rings. The third kappa shape index (κ3) is 10.9. The molecule has 344 valence electrons. The highest BCUT2D eigenvalue weighted by Gasteiger charge is 2.42. The van der Waals surface area contributed by atoms with Crippen molar-refractivity contribution in [3.05, 3.63) is 197 Å². The Morgan fingerprint density at radius 2 is 0.896 bits per heavy atom. The minimum Gasteiger partial charge on any atom is -0.310 e. The van der Waals surface area contributed by atoms with Crippen LogP contribution in [0.3, 0.4) is 0 Å². The SMILES string of the molecule is CCCCCCC1(CCCCCC)c2cc(-c3ccc(C)cc3)ccc2-c2ccc(-c3ccc(N(c4ccccc4)c4cccc(CCCCCCCCc5ccc6c(c5)CC6)c4)cc3)cc21. The highest BCUT2D eigenvalue weighted by molar-refractivity contribution is 5.87. The number of rotatable bonds is 24. The lowest BCUT2D eigenvalue weighted by Gasteiger charge is -2.33. The van der Waals surface area contributed by atoms with Crippen molar-refractivity contribution in [2.45, 2.75) is 155 Å². The molecule has 0 amide bonds. The molecule has 0 bridgehead atoms. The van der Waals surface area contributed by atoms with Crippen molar-refractivity contribution in [1.82, 2.24) is 0 Å². The monoisotopic (exact) mass is 882 g/mol. The summed E-state index contributed by atoms with van der Waals surface area (Å²) in [5.74, 6) is 0. The average molecular weight is 882 g/mol. The molecular weight excluding hydrogens is 807 g/mol. The third-order valence-electron chi connectivity index (χ3n) is 15.4. The first-order chi connectivity index (χ1) is 33.0. The van der Waals surface area contributed by atoms with Gasteiger partial charge in [-0.25, -0.2) is 0 Å². The van der Waals surface area contributed by atoms with Crippen molar-refractivity contribution < 1.29 is 0 Å². The lowest BCUT2D eigenvalue weighted by molar-refractivity contribution is 0.401. The molecule has 67 heavy (non-hydrogen) atoms. The van der Waals surface area contributed by atoms with E-state index in [1.807, 2.05) is 0 Å². The minimum atomic E-state index is 0.0147. The number of unbranched alkanes of at least 4 members (excludes halogenated alkanes) is 11. The molecule has 0 N–H and O–H groups in total. The topological polar surface area (TPSA) is 3.24 Å². The van der Waals surface area contributed by atoms with Crippen LogP contribution in [0.15, 0.2) is 158 Å². The summed E-state index contributed by atoms with van der Waals surface area (Å²) in [4.78, 5) is 2.44. The maximum atomic E-state index is 2.60. The molecule has 1 heteroatoms. The van der Waals surface area contributed by atoms with Crippen molar-refractivity contribution in [3.63, 3.8) is 0 Å². The van der Waals surface area contributed by atoms with Crippen LogP contribution in [0.2, 0.25) is 0 Å². The quantitative estimate of drug-likeness (QED) is 0.0547. The van der Waals surface area contributed by atoms with E-state index in [0.29, 0.717) is 0 Å². The molecule has 9 rings (SSSR count). The number of nitrogens with zero attached hydrogens (tertiary/aromatic N) is 1. The van der Waals surface area contributed by atoms with E-state index in [1.54, 1.807) is 27.8 Å². The fourth-order valence-corrected chi connectivity index (χ4v) is 11.4. The van der Waals surface area contributed by atoms with Gasteiger partial charge in [-0.05, 0) is 174 Å². The summed E-state index contributed by atoms with van der Waals surface area (Å²) in [6, 6.07) is 60.8. The van der Waals surface area contributed by atoms with Crippen LogP contribution >= 0.6 is 0 Å². The molecular formula is C66H75N. The lowest BCUT2D eigenvalue weighted by Crippen LogP contribution is -2.25. The van der Waals surface area contributed by atoms with E-state index in [2.05, 4.69) is 183 Å². The second-order valence-corrected chi connectivity index (χ2v) is 20.2. The van der Waals surface area contributed by atoms with Crippen molar-refractivity contribution in [2.75, 3.05) is 4.90 Å². The van der Waals surface area contributed by atoms with Gasteiger partial charge in [0.1, 0.15) is 0 Å². The van der Waals surface area contributed by atoms with Gasteiger partial charge in [-0.2, -0.15) is 0 Å². The fourth-order valence-electron chi connectivity index (χ4n) is 11.4. The Kier molecular flexibility index (Phi) is 15.5. The number of fused-ring (bicyclic) bond motifs is 4. The van der Waals surface area contributed by atoms with Crippen molar-refractivity contribution >= 4 is 17.1 Å². The zero-order chi connectivity index (χ0) is 45.8. The van der Waals surface area contributed by atoms with Crippen LogP contribution in [0.25, 0.3) is 33.4 Å². The summed E-state index contributed by atoms with van der Waals surface area (Å²) >= 11 is 0. The Morgan fingerprint density at radius 1 is 0.388 bits per heavy atom. The zero-order valence-corrected chi connectivity index (χ0v) is 41.1. The van der Waals surface area contributed by atoms with Crippen LogP contribution in [-0.4, -0.2) is 0 Å². The Bertz CT molecular complexity index is 2660. The molecule has 7 aromatic rings. The van der Waals surface area contributed by atoms with Crippen LogP contribution in [0.1, 0.15) is 156 Å². The number of aryl methyl sites for hydroxylation is 5. The highest BCUT2D eigenvalue weighted by Crippen LogP contribution is 2.56. The number of para-hydroxylation sites is 1. The Balaban J connectivity index is 0.933. The molecule has 0 heterocycles. The molecule has 0 atom stereocenters. The number of hydrogen-bond acceptors (Lipinski definition) is 1. The second-order valence-electron chi connectivity index (χ2n) is 20.2. The Labute approximate surface area is 404 Å². The number of benzene rings is 7. The smallest absolute Gasteiger partial charge is 0.0464 e. The van der Waals surface area contributed by atoms with E-state index in [0.717, 1.165) is 6.42 Å². The van der Waals surface area contributed by atoms with Crippen LogP contribution < -0.4 is 4.90 Å². The van der Waals surface area contributed by atoms with Gasteiger partial charge < -0.3 is 4.90 Å². The fraction of sp³-hybridized carbons (Fsp3) is 0.364. The maximum absolute atomic E-state index is 2.60. The maximum Gasteiger partial charge on any atom is 0.0464 e. The van der Waals surface area contributed by atoms with Gasteiger partial charge in [-0.1, -0.05) is 206 Å². The van der Waals surface area contributed by atoms with Gasteiger partial charge in [0.15, 0.2) is 0 Å². The largest absolute Gasteiger partial charge is 0.310 e. The zero-order valence-electron chi connectivity index (χ0n) is 41.1. The molecule has 0 saturated carbocycles. The van der Waals surface area contributed by atoms with E-state index < -0.39 is 0 Å². The van der Waals surface area contributed by atoms with Crippen LogP contribution in [-0.2, 0) is 31.1 Å². The van der Waals surface area contributed by atoms with Gasteiger partial charge in [0.25, 0.3) is 0 Å². The van der Waals surface area contributed by atoms with E-state index in [9.17, 15) is 0 Å². The van der Waals surface area contributed by atoms with Gasteiger partial charge in [0.2, 0.25) is 0 Å². The van der Waals surface area contributed by atoms with Crippen molar-refractivity contribution in [3.8, 4) is 33.4 Å². The molecule has 0 aliphatic heterocycles. The van der Waals surface area contributed by atoms with Crippen molar-refractivity contribution in [2.24, 2.45) is 0 Å². The summed E-state index contributed by atoms with van der Waals surface area (Å²) in [5, 5.41) is 0. The predicted molar refractivity (Wildman–Crippen MR) is 289 cm³/mol. The van der Waals surface area contributed by atoms with Gasteiger partial charge in [-0.15, -0.1) is 0 Å². The van der Waals surface area contributed by atoms with Crippen LogP contribution in [0.5, 0.6) is 0 Å². The first kappa shape index (κ1) is 46.5. The van der Waals surface area contributed by atoms with E-state index in [4.69, 9.17) is 0 Å². The van der Waals surface area contributed by atoms with Gasteiger partial charge in [-0.3, -0.25) is 0 Å². The molecule has 0 aromatic heterocycles. The van der Waals surface area contributed by atoms with Crippen LogP contribution in [0, 0.1) is 6.92 Å². The van der Waals surface area contributed by atoms with Gasteiger partial charge >= 0.3 is 0 Å². The Hall–Kier alpha value is -5.66. The normalized spacial score (nSPS) is 13.2. The molecule has 0 fully saturated rings. The van der Waals surface area contributed by atoms with E-state index >= 15 is 0 Å². The average Bonchev–Trinajstić information content (AvgIpc) is 3.62. The number of hydrogen-bond donors (Lipinski definition) is 0. The highest BCUT2D eigenvalue weighted by atomic mass is 15.1. The third-order valence-corrected chi connectivity index (χ3v) is 15.4. The standard InChI is InChI=1S/C66H75N/c1-4-6-8-19-44-66(45-20-9-7-5-2)64-48-57(53-31-28-50(3)29-32-53)38-42-62(64)63-43-39-58(49-65(63)66)55-36-40-60(41-37-55)67(59-25-17-14-18-26-59)61-27-21-24-51(47-61)22-15-12-10-11-13-16-23-52-30-33-54-34-35-56(54)46-52/h14,17-18,21,24-33,36-43,46-49H,4-13,15-16,19-20,22-23,34-35,44-45H2,1-3H3. The van der Waals surface area contributed by atoms with Crippen molar-refractivity contribution in [1.29, 1.82) is 0 Å². The van der Waals surface area contributed by atoms with Gasteiger partial charge in [0, 0.05) is 22.5 Å². The van der Waals surface area contributed by atoms with E-state index in [1.165, 1.54) is 184 Å². The summed E-state index contributed by atoms with van der Waals surface area (Å²) in [6.45, 7) is 6.86. The second kappa shape index (κ2) is 22.4. The summed E-state index contributed by atoms with van der Waals surface area (Å²) in [7, 11) is 0. The molecule has 0 radical (unpaired) electrons. The molecule has 0 unspecified atom stereocenters. The minimum absolute atomic E-state index is 0.0147. The summed E-state index contributed by atoms with van der Waals surface area (Å²) < 4.78 is 0. The lowest BCUT2D eigenvalue weighted by atomic mass is 9.70. The molecule has 0 saturated heterocycles. The summed E-state index contributed by atoms with van der Waals surface area (Å²) in [6.07, 6.45) is 25.5. The molecule has 7 aromatic carbocycles. The first-order valence-electron chi connectivity index (χ1n) is 26.5. The Morgan fingerprint density at radius 3 is 1.46 bits per heavy atom. The first-order valence-corrected chi connectivity index (χ1v) is 26.5. The molecule has 0 spiro atoms. The van der Waals surface area contributed by atoms with Gasteiger partial charge in [0.05, 0.1) is 0 Å². The molecule has 2 aliphatic carbocycles. The van der Waals surface area contributed by atoms with E-state index in [-0.39, 0.29) is 5.41 Å². The van der Waals surface area contributed by atoms with Crippen LogP contribution in [0.4, 0.5) is 17.1 Å². The molecule has 1 nitrogen and oxygen atoms in total.